The van der Waals surface area contributed by atoms with Crippen LogP contribution in [0.25, 0.3) is 0 Å². The number of carbonyl (C=O) groups excluding carboxylic acids is 2. The Morgan fingerprint density at radius 1 is 1.04 bits per heavy atom. The van der Waals surface area contributed by atoms with E-state index in [4.69, 9.17) is 0 Å². The summed E-state index contributed by atoms with van der Waals surface area (Å²) in [6.45, 7) is 2.63. The molecule has 2 aromatic rings. The summed E-state index contributed by atoms with van der Waals surface area (Å²) in [5.41, 5.74) is 2.32. The number of anilines is 1. The second-order valence-electron chi connectivity index (χ2n) is 7.02. The summed E-state index contributed by atoms with van der Waals surface area (Å²) < 4.78 is 0. The van der Waals surface area contributed by atoms with Crippen LogP contribution in [0.5, 0.6) is 0 Å². The first kappa shape index (κ1) is 15.9. The van der Waals surface area contributed by atoms with Gasteiger partial charge in [0, 0.05) is 12.2 Å². The van der Waals surface area contributed by atoms with Crippen LogP contribution in [0.4, 0.5) is 5.69 Å². The number of rotatable bonds is 4. The van der Waals surface area contributed by atoms with E-state index in [1.54, 1.807) is 4.90 Å². The zero-order valence-electron chi connectivity index (χ0n) is 14.4. The molecule has 1 aliphatic heterocycles. The van der Waals surface area contributed by atoms with Crippen LogP contribution in [0.2, 0.25) is 0 Å². The second kappa shape index (κ2) is 6.03. The fourth-order valence-electron chi connectivity index (χ4n) is 3.63. The van der Waals surface area contributed by atoms with Crippen molar-refractivity contribution in [1.29, 1.82) is 0 Å². The predicted molar refractivity (Wildman–Crippen MR) is 97.2 cm³/mol. The lowest BCUT2D eigenvalue weighted by molar-refractivity contribution is -0.136. The first-order valence-corrected chi connectivity index (χ1v) is 8.88. The molecule has 25 heavy (non-hydrogen) atoms. The van der Waals surface area contributed by atoms with Gasteiger partial charge in [0.15, 0.2) is 0 Å². The molecule has 1 fully saturated rings. The summed E-state index contributed by atoms with van der Waals surface area (Å²) in [5.74, 6) is -0.187. The molecule has 1 unspecified atom stereocenters. The molecular weight excluding hydrogens is 312 g/mol. The standard InChI is InChI=1S/C21H22N2O2/c1-15(16-7-3-2-4-8-16)22-19(24)21(12-13-21)20(25)23-14-11-17-9-5-6-10-18(17)23/h2-10,15H,11-14H2,1H3,(H,22,24). The van der Waals surface area contributed by atoms with Crippen LogP contribution < -0.4 is 10.2 Å². The maximum absolute atomic E-state index is 13.1. The molecule has 4 heteroatoms. The van der Waals surface area contributed by atoms with Crippen molar-refractivity contribution in [3.05, 3.63) is 65.7 Å². The van der Waals surface area contributed by atoms with Gasteiger partial charge in [0.2, 0.25) is 11.8 Å². The van der Waals surface area contributed by atoms with E-state index in [1.807, 2.05) is 55.5 Å². The molecular formula is C21H22N2O2. The highest BCUT2D eigenvalue weighted by Crippen LogP contribution is 2.49. The van der Waals surface area contributed by atoms with Gasteiger partial charge in [-0.1, -0.05) is 48.5 Å². The Kier molecular flexibility index (Phi) is 3.83. The third-order valence-electron chi connectivity index (χ3n) is 5.37. The third kappa shape index (κ3) is 2.72. The van der Waals surface area contributed by atoms with Gasteiger partial charge >= 0.3 is 0 Å². The molecule has 1 heterocycles. The smallest absolute Gasteiger partial charge is 0.242 e. The Morgan fingerprint density at radius 2 is 1.72 bits per heavy atom. The average Bonchev–Trinajstić information content (AvgIpc) is 3.35. The molecule has 1 saturated carbocycles. The molecule has 0 radical (unpaired) electrons. The van der Waals surface area contributed by atoms with Gasteiger partial charge in [0.1, 0.15) is 5.41 Å². The van der Waals surface area contributed by atoms with E-state index < -0.39 is 5.41 Å². The number of fused-ring (bicyclic) bond motifs is 1. The summed E-state index contributed by atoms with van der Waals surface area (Å²) >= 11 is 0. The molecule has 1 aliphatic carbocycles. The Morgan fingerprint density at radius 3 is 2.44 bits per heavy atom. The van der Waals surface area contributed by atoms with Crippen LogP contribution in [0.1, 0.15) is 36.9 Å². The van der Waals surface area contributed by atoms with E-state index >= 15 is 0 Å². The number of nitrogens with zero attached hydrogens (tertiary/aromatic N) is 1. The highest BCUT2D eigenvalue weighted by molar-refractivity contribution is 6.14. The van der Waals surface area contributed by atoms with E-state index in [1.165, 1.54) is 5.56 Å². The van der Waals surface area contributed by atoms with Crippen LogP contribution in [-0.2, 0) is 16.0 Å². The fraction of sp³-hybridized carbons (Fsp3) is 0.333. The molecule has 0 aromatic heterocycles. The van der Waals surface area contributed by atoms with Crippen molar-refractivity contribution in [3.8, 4) is 0 Å². The first-order chi connectivity index (χ1) is 12.1. The number of hydrogen-bond donors (Lipinski definition) is 1. The van der Waals surface area contributed by atoms with Crippen molar-refractivity contribution in [2.75, 3.05) is 11.4 Å². The van der Waals surface area contributed by atoms with E-state index in [0.29, 0.717) is 19.4 Å². The Bertz CT molecular complexity index is 812. The topological polar surface area (TPSA) is 49.4 Å². The lowest BCUT2D eigenvalue weighted by atomic mass is 10.0. The van der Waals surface area contributed by atoms with E-state index in [9.17, 15) is 9.59 Å². The molecule has 0 spiro atoms. The summed E-state index contributed by atoms with van der Waals surface area (Å²) in [7, 11) is 0. The molecule has 2 aromatic carbocycles. The van der Waals surface area contributed by atoms with Crippen LogP contribution in [0.3, 0.4) is 0 Å². The lowest BCUT2D eigenvalue weighted by Crippen LogP contribution is -2.45. The van der Waals surface area contributed by atoms with Crippen LogP contribution >= 0.6 is 0 Å². The minimum absolute atomic E-state index is 0.0461. The van der Waals surface area contributed by atoms with Gasteiger partial charge in [-0.3, -0.25) is 9.59 Å². The van der Waals surface area contributed by atoms with Gasteiger partial charge in [-0.25, -0.2) is 0 Å². The molecule has 0 saturated heterocycles. The normalized spacial score (nSPS) is 18.4. The van der Waals surface area contributed by atoms with Crippen LogP contribution in [0.15, 0.2) is 54.6 Å². The number of para-hydroxylation sites is 1. The highest BCUT2D eigenvalue weighted by Gasteiger charge is 2.58. The summed E-state index contributed by atoms with van der Waals surface area (Å²) in [5, 5.41) is 3.04. The number of carbonyl (C=O) groups is 2. The SMILES string of the molecule is CC(NC(=O)C1(C(=O)N2CCc3ccccc32)CC1)c1ccccc1. The van der Waals surface area contributed by atoms with Crippen molar-refractivity contribution in [2.24, 2.45) is 5.41 Å². The molecule has 2 aliphatic rings. The van der Waals surface area contributed by atoms with Gasteiger partial charge in [-0.15, -0.1) is 0 Å². The minimum Gasteiger partial charge on any atom is -0.349 e. The fourth-order valence-corrected chi connectivity index (χ4v) is 3.63. The minimum atomic E-state index is -0.875. The van der Waals surface area contributed by atoms with Crippen molar-refractivity contribution >= 4 is 17.5 Å². The lowest BCUT2D eigenvalue weighted by Gasteiger charge is -2.25. The van der Waals surface area contributed by atoms with Crippen molar-refractivity contribution < 1.29 is 9.59 Å². The number of benzene rings is 2. The molecule has 0 bridgehead atoms. The van der Waals surface area contributed by atoms with Gasteiger partial charge in [-0.2, -0.15) is 0 Å². The Balaban J connectivity index is 1.50. The van der Waals surface area contributed by atoms with Crippen LogP contribution in [-0.4, -0.2) is 18.4 Å². The molecule has 4 nitrogen and oxygen atoms in total. The van der Waals surface area contributed by atoms with Crippen molar-refractivity contribution in [3.63, 3.8) is 0 Å². The maximum atomic E-state index is 13.1. The third-order valence-corrected chi connectivity index (χ3v) is 5.37. The zero-order valence-corrected chi connectivity index (χ0v) is 14.4. The summed E-state index contributed by atoms with van der Waals surface area (Å²) in [6, 6.07) is 17.7. The van der Waals surface area contributed by atoms with Crippen molar-refractivity contribution in [2.45, 2.75) is 32.2 Å². The number of hydrogen-bond acceptors (Lipinski definition) is 2. The Labute approximate surface area is 147 Å². The van der Waals surface area contributed by atoms with Gasteiger partial charge in [0.05, 0.1) is 6.04 Å². The Hall–Kier alpha value is -2.62. The average molecular weight is 334 g/mol. The summed E-state index contributed by atoms with van der Waals surface area (Å²) in [4.78, 5) is 27.8. The highest BCUT2D eigenvalue weighted by atomic mass is 16.2. The quantitative estimate of drug-likeness (QED) is 0.873. The summed E-state index contributed by atoms with van der Waals surface area (Å²) in [6.07, 6.45) is 2.13. The van der Waals surface area contributed by atoms with Gasteiger partial charge < -0.3 is 10.2 Å². The zero-order chi connectivity index (χ0) is 17.4. The largest absolute Gasteiger partial charge is 0.349 e. The predicted octanol–water partition coefficient (Wildman–Crippen LogP) is 3.23. The number of nitrogens with one attached hydrogen (secondary N) is 1. The van der Waals surface area contributed by atoms with Gasteiger partial charge in [-0.05, 0) is 43.4 Å². The van der Waals surface area contributed by atoms with Crippen LogP contribution in [0, 0.1) is 5.41 Å². The molecule has 128 valence electrons. The van der Waals surface area contributed by atoms with E-state index in [2.05, 4.69) is 11.4 Å². The monoisotopic (exact) mass is 334 g/mol. The van der Waals surface area contributed by atoms with Crippen molar-refractivity contribution in [1.82, 2.24) is 5.32 Å². The van der Waals surface area contributed by atoms with E-state index in [-0.39, 0.29) is 17.9 Å². The first-order valence-electron chi connectivity index (χ1n) is 8.88. The maximum Gasteiger partial charge on any atom is 0.242 e. The van der Waals surface area contributed by atoms with E-state index in [0.717, 1.165) is 17.7 Å². The second-order valence-corrected chi connectivity index (χ2v) is 7.02. The molecule has 1 atom stereocenters. The molecule has 1 N–H and O–H groups in total. The number of amides is 2. The molecule has 2 amide bonds. The molecule has 4 rings (SSSR count). The van der Waals surface area contributed by atoms with Gasteiger partial charge in [0.25, 0.3) is 0 Å².